The molecule has 0 bridgehead atoms. The topological polar surface area (TPSA) is 53.5 Å². The Kier molecular flexibility index (Phi) is 2.14. The quantitative estimate of drug-likeness (QED) is 0.406. The minimum absolute atomic E-state index is 0.0400. The van der Waals surface area contributed by atoms with E-state index in [0.717, 1.165) is 0 Å². The fraction of sp³-hybridized carbons (Fsp3) is 0.250. The molecule has 1 aliphatic carbocycles. The summed E-state index contributed by atoms with van der Waals surface area (Å²) in [5.74, 6) is 0.0400. The van der Waals surface area contributed by atoms with Crippen LogP contribution in [0.3, 0.4) is 0 Å². The highest BCUT2D eigenvalue weighted by molar-refractivity contribution is 6.02. The van der Waals surface area contributed by atoms with Crippen LogP contribution >= 0.6 is 0 Å². The summed E-state index contributed by atoms with van der Waals surface area (Å²) in [7, 11) is 0. The van der Waals surface area contributed by atoms with Crippen LogP contribution in [0.2, 0.25) is 0 Å². The first-order chi connectivity index (χ1) is 5.24. The van der Waals surface area contributed by atoms with Gasteiger partial charge in [0.2, 0.25) is 0 Å². The molecule has 1 rings (SSSR count). The van der Waals surface area contributed by atoms with Crippen LogP contribution in [0.25, 0.3) is 5.53 Å². The van der Waals surface area contributed by atoms with Crippen molar-refractivity contribution in [3.63, 3.8) is 0 Å². The zero-order valence-corrected chi connectivity index (χ0v) is 6.24. The lowest BCUT2D eigenvalue weighted by Crippen LogP contribution is -2.03. The van der Waals surface area contributed by atoms with E-state index < -0.39 is 0 Å². The number of hydrogen-bond donors (Lipinski definition) is 0. The summed E-state index contributed by atoms with van der Waals surface area (Å²) in [6, 6.07) is 0. The van der Waals surface area contributed by atoms with Gasteiger partial charge in [-0.15, -0.1) is 0 Å². The molecule has 0 aliphatic heterocycles. The van der Waals surface area contributed by atoms with Gasteiger partial charge in [-0.05, 0) is 13.0 Å². The Labute approximate surface area is 64.7 Å². The van der Waals surface area contributed by atoms with Gasteiger partial charge in [0.15, 0.2) is 5.78 Å². The second-order valence-corrected chi connectivity index (χ2v) is 2.34. The zero-order chi connectivity index (χ0) is 8.27. The summed E-state index contributed by atoms with van der Waals surface area (Å²) in [6.45, 7) is 1.51. The Hall–Kier alpha value is -1.47. The van der Waals surface area contributed by atoms with Gasteiger partial charge in [0.25, 0.3) is 5.71 Å². The standard InChI is InChI=1S/C8H8N2O/c1-6(11)7-2-4-8(10-9)5-3-7/h2-4H,5H2,1H3. The predicted molar refractivity (Wildman–Crippen MR) is 41.1 cm³/mol. The number of carbonyl (C=O) groups is 1. The van der Waals surface area contributed by atoms with E-state index in [1.165, 1.54) is 6.92 Å². The molecule has 0 aromatic rings. The number of Topliss-reactive ketones (excluding diaryl/α,β-unsaturated/α-hetero) is 1. The van der Waals surface area contributed by atoms with Gasteiger partial charge in [-0.1, -0.05) is 6.08 Å². The number of rotatable bonds is 1. The molecule has 0 saturated carbocycles. The number of nitrogens with zero attached hydrogens (tertiary/aromatic N) is 2. The molecule has 3 heteroatoms. The fourth-order valence-corrected chi connectivity index (χ4v) is 0.872. The van der Waals surface area contributed by atoms with E-state index >= 15 is 0 Å². The van der Waals surface area contributed by atoms with Crippen LogP contribution < -0.4 is 0 Å². The monoisotopic (exact) mass is 148 g/mol. The molecule has 3 nitrogen and oxygen atoms in total. The molecule has 0 aromatic carbocycles. The Morgan fingerprint density at radius 1 is 1.64 bits per heavy atom. The summed E-state index contributed by atoms with van der Waals surface area (Å²) in [6.07, 6.45) is 5.57. The van der Waals surface area contributed by atoms with Crippen LogP contribution in [0.15, 0.2) is 23.8 Å². The molecule has 0 radical (unpaired) electrons. The van der Waals surface area contributed by atoms with Gasteiger partial charge >= 0.3 is 0 Å². The van der Waals surface area contributed by atoms with Gasteiger partial charge < -0.3 is 5.53 Å². The second-order valence-electron chi connectivity index (χ2n) is 2.34. The van der Waals surface area contributed by atoms with Crippen molar-refractivity contribution in [3.8, 4) is 0 Å². The maximum Gasteiger partial charge on any atom is 0.295 e. The number of ketones is 1. The third-order valence-electron chi connectivity index (χ3n) is 1.52. The highest BCUT2D eigenvalue weighted by atomic mass is 16.1. The van der Waals surface area contributed by atoms with Crippen molar-refractivity contribution < 1.29 is 9.58 Å². The van der Waals surface area contributed by atoms with E-state index in [1.807, 2.05) is 0 Å². The van der Waals surface area contributed by atoms with Crippen molar-refractivity contribution in [1.82, 2.24) is 0 Å². The van der Waals surface area contributed by atoms with Crippen LogP contribution in [0, 0.1) is 0 Å². The number of allylic oxidation sites excluding steroid dienone is 4. The Bertz CT molecular complexity index is 293. The molecular formula is C8H8N2O. The lowest BCUT2D eigenvalue weighted by Gasteiger charge is -1.97. The highest BCUT2D eigenvalue weighted by Crippen LogP contribution is 2.07. The summed E-state index contributed by atoms with van der Waals surface area (Å²) < 4.78 is 0. The van der Waals surface area contributed by atoms with Crippen LogP contribution in [-0.2, 0) is 4.79 Å². The van der Waals surface area contributed by atoms with E-state index in [0.29, 0.717) is 17.7 Å². The highest BCUT2D eigenvalue weighted by Gasteiger charge is 2.09. The summed E-state index contributed by atoms with van der Waals surface area (Å²) in [4.78, 5) is 13.8. The fourth-order valence-electron chi connectivity index (χ4n) is 0.872. The second kappa shape index (κ2) is 3.08. The van der Waals surface area contributed by atoms with Crippen molar-refractivity contribution >= 4 is 11.5 Å². The lowest BCUT2D eigenvalue weighted by molar-refractivity contribution is -0.113. The Morgan fingerprint density at radius 3 is 2.73 bits per heavy atom. The smallest absolute Gasteiger partial charge is 0.295 e. The Balaban J connectivity index is 2.83. The maximum atomic E-state index is 10.8. The van der Waals surface area contributed by atoms with Gasteiger partial charge in [0.1, 0.15) is 0 Å². The SMILES string of the molecule is CC(=O)C1=CCC(=[N+]=[N-])C=C1. The van der Waals surface area contributed by atoms with E-state index in [4.69, 9.17) is 5.53 Å². The maximum absolute atomic E-state index is 10.8. The molecule has 1 aliphatic rings. The molecule has 0 spiro atoms. The van der Waals surface area contributed by atoms with Crippen molar-refractivity contribution in [3.05, 3.63) is 29.3 Å². The minimum atomic E-state index is 0.0400. The normalized spacial score (nSPS) is 15.7. The zero-order valence-electron chi connectivity index (χ0n) is 6.24. The average Bonchev–Trinajstić information content (AvgIpc) is 2.05. The van der Waals surface area contributed by atoms with Gasteiger partial charge in [0, 0.05) is 11.6 Å². The molecule has 0 heterocycles. The van der Waals surface area contributed by atoms with E-state index in [9.17, 15) is 4.79 Å². The third kappa shape index (κ3) is 1.72. The summed E-state index contributed by atoms with van der Waals surface area (Å²) in [5, 5.41) is 0. The minimum Gasteiger partial charge on any atom is -0.361 e. The molecule has 0 aromatic heterocycles. The molecular weight excluding hydrogens is 140 g/mol. The van der Waals surface area contributed by atoms with Crippen LogP contribution in [0.4, 0.5) is 0 Å². The molecule has 0 atom stereocenters. The molecule has 0 fully saturated rings. The first-order valence-corrected chi connectivity index (χ1v) is 3.34. The molecule has 11 heavy (non-hydrogen) atoms. The molecule has 0 amide bonds. The van der Waals surface area contributed by atoms with Gasteiger partial charge in [0.05, 0.1) is 6.42 Å². The van der Waals surface area contributed by atoms with Gasteiger partial charge in [-0.25, -0.2) is 0 Å². The van der Waals surface area contributed by atoms with Crippen molar-refractivity contribution in [2.75, 3.05) is 0 Å². The molecule has 0 saturated heterocycles. The van der Waals surface area contributed by atoms with Crippen molar-refractivity contribution in [1.29, 1.82) is 0 Å². The van der Waals surface area contributed by atoms with Crippen LogP contribution in [0.1, 0.15) is 13.3 Å². The van der Waals surface area contributed by atoms with Gasteiger partial charge in [-0.2, -0.15) is 4.79 Å². The van der Waals surface area contributed by atoms with Crippen LogP contribution in [-0.4, -0.2) is 16.3 Å². The number of hydrogen-bond acceptors (Lipinski definition) is 1. The van der Waals surface area contributed by atoms with E-state index in [2.05, 4.69) is 4.79 Å². The predicted octanol–water partition coefficient (Wildman–Crippen LogP) is 1.13. The van der Waals surface area contributed by atoms with Crippen molar-refractivity contribution in [2.24, 2.45) is 0 Å². The molecule has 0 N–H and O–H groups in total. The molecule has 56 valence electrons. The van der Waals surface area contributed by atoms with E-state index in [-0.39, 0.29) is 5.78 Å². The third-order valence-corrected chi connectivity index (χ3v) is 1.52. The molecule has 0 unspecified atom stereocenters. The largest absolute Gasteiger partial charge is 0.361 e. The number of carbonyl (C=O) groups excluding carboxylic acids is 1. The Morgan fingerprint density at radius 2 is 2.36 bits per heavy atom. The first kappa shape index (κ1) is 7.63. The van der Waals surface area contributed by atoms with E-state index in [1.54, 1.807) is 18.2 Å². The summed E-state index contributed by atoms with van der Waals surface area (Å²) in [5.41, 5.74) is 9.60. The van der Waals surface area contributed by atoms with Gasteiger partial charge in [-0.3, -0.25) is 4.79 Å². The lowest BCUT2D eigenvalue weighted by atomic mass is 10.0. The average molecular weight is 148 g/mol. The first-order valence-electron chi connectivity index (χ1n) is 3.34. The summed E-state index contributed by atoms with van der Waals surface area (Å²) >= 11 is 0. The van der Waals surface area contributed by atoms with Crippen molar-refractivity contribution in [2.45, 2.75) is 13.3 Å². The van der Waals surface area contributed by atoms with Crippen LogP contribution in [0.5, 0.6) is 0 Å².